The lowest BCUT2D eigenvalue weighted by Gasteiger charge is -2.23. The molecule has 1 aliphatic rings. The van der Waals surface area contributed by atoms with Gasteiger partial charge in [-0.1, -0.05) is 18.2 Å². The molecule has 1 unspecified atom stereocenters. The molecule has 1 heterocycles. The number of esters is 1. The number of nitrogens with two attached hydrogens (primary N) is 1. The molecule has 0 aliphatic heterocycles. The number of rotatable bonds is 7. The second-order valence-corrected chi connectivity index (χ2v) is 9.23. The van der Waals surface area contributed by atoms with Crippen LogP contribution in [0, 0.1) is 11.3 Å². The summed E-state index contributed by atoms with van der Waals surface area (Å²) in [6, 6.07) is 14.0. The Balaban J connectivity index is 1.62. The second-order valence-electron chi connectivity index (χ2n) is 8.20. The van der Waals surface area contributed by atoms with E-state index in [2.05, 4.69) is 23.2 Å². The standard InChI is InChI=1S/C25H26N4O3S/c1-15(2)32-22-10-7-16(11-17(22)12-26)25-28-13-23(33-25)20-6-4-5-19-18(20)8-9-21(19)29(27)14-24(30)31-3/h4-7,10-11,13,15,21H,8-9,14,27H2,1-3H3. The highest BCUT2D eigenvalue weighted by atomic mass is 32.1. The summed E-state index contributed by atoms with van der Waals surface area (Å²) in [6.07, 6.45) is 3.59. The van der Waals surface area contributed by atoms with E-state index in [1.54, 1.807) is 16.3 Å². The van der Waals surface area contributed by atoms with Crippen LogP contribution in [0.3, 0.4) is 0 Å². The van der Waals surface area contributed by atoms with Crippen molar-refractivity contribution in [3.05, 3.63) is 59.3 Å². The van der Waals surface area contributed by atoms with Gasteiger partial charge in [0.25, 0.3) is 0 Å². The Hall–Kier alpha value is -3.25. The highest BCUT2D eigenvalue weighted by Gasteiger charge is 2.30. The Morgan fingerprint density at radius 1 is 1.36 bits per heavy atom. The minimum absolute atomic E-state index is 0.00418. The van der Waals surface area contributed by atoms with Gasteiger partial charge in [-0.2, -0.15) is 5.26 Å². The first-order valence-electron chi connectivity index (χ1n) is 10.8. The molecule has 170 valence electrons. The summed E-state index contributed by atoms with van der Waals surface area (Å²) in [5.41, 5.74) is 4.88. The van der Waals surface area contributed by atoms with Gasteiger partial charge in [-0.25, -0.2) is 9.99 Å². The molecule has 0 amide bonds. The van der Waals surface area contributed by atoms with Crippen LogP contribution in [0.2, 0.25) is 0 Å². The SMILES string of the molecule is COC(=O)CN(N)C1CCc2c(-c3cnc(-c4ccc(OC(C)C)c(C#N)c4)s3)cccc21. The second kappa shape index (κ2) is 9.71. The fourth-order valence-electron chi connectivity index (χ4n) is 4.17. The van der Waals surface area contributed by atoms with Gasteiger partial charge >= 0.3 is 5.97 Å². The van der Waals surface area contributed by atoms with E-state index in [1.165, 1.54) is 12.7 Å². The Bertz CT molecular complexity index is 1210. The Kier molecular flexibility index (Phi) is 6.75. The molecule has 0 saturated carbocycles. The normalized spacial score (nSPS) is 14.9. The maximum Gasteiger partial charge on any atom is 0.321 e. The van der Waals surface area contributed by atoms with Gasteiger partial charge in [0.2, 0.25) is 0 Å². The van der Waals surface area contributed by atoms with Crippen molar-refractivity contribution in [2.24, 2.45) is 5.84 Å². The number of hydrazine groups is 1. The molecular weight excluding hydrogens is 436 g/mol. The van der Waals surface area contributed by atoms with Gasteiger partial charge in [0.15, 0.2) is 0 Å². The maximum absolute atomic E-state index is 11.7. The van der Waals surface area contributed by atoms with Gasteiger partial charge in [0, 0.05) is 11.8 Å². The molecule has 8 heteroatoms. The number of ether oxygens (including phenoxy) is 2. The zero-order valence-corrected chi connectivity index (χ0v) is 19.7. The third kappa shape index (κ3) is 4.76. The lowest BCUT2D eigenvalue weighted by molar-refractivity contribution is -0.142. The van der Waals surface area contributed by atoms with Crippen molar-refractivity contribution >= 4 is 17.3 Å². The van der Waals surface area contributed by atoms with Gasteiger partial charge in [0.1, 0.15) is 23.4 Å². The molecule has 2 N–H and O–H groups in total. The van der Waals surface area contributed by atoms with E-state index in [-0.39, 0.29) is 24.7 Å². The average molecular weight is 463 g/mol. The molecule has 7 nitrogen and oxygen atoms in total. The topological polar surface area (TPSA) is 101 Å². The Morgan fingerprint density at radius 2 is 2.18 bits per heavy atom. The summed E-state index contributed by atoms with van der Waals surface area (Å²) < 4.78 is 10.5. The number of benzene rings is 2. The van der Waals surface area contributed by atoms with Gasteiger partial charge in [-0.15, -0.1) is 11.3 Å². The van der Waals surface area contributed by atoms with E-state index < -0.39 is 0 Å². The molecule has 0 spiro atoms. The number of carbonyl (C=O) groups is 1. The molecular formula is C25H26N4O3S. The molecule has 1 aromatic heterocycles. The third-order valence-corrected chi connectivity index (χ3v) is 6.74. The Labute approximate surface area is 197 Å². The highest BCUT2D eigenvalue weighted by Crippen LogP contribution is 2.42. The van der Waals surface area contributed by atoms with Crippen LogP contribution in [0.25, 0.3) is 21.0 Å². The van der Waals surface area contributed by atoms with E-state index in [4.69, 9.17) is 15.3 Å². The molecule has 1 atom stereocenters. The number of methoxy groups -OCH3 is 1. The fourth-order valence-corrected chi connectivity index (χ4v) is 5.14. The predicted octanol–water partition coefficient (Wildman–Crippen LogP) is 4.47. The number of fused-ring (bicyclic) bond motifs is 1. The summed E-state index contributed by atoms with van der Waals surface area (Å²) >= 11 is 1.59. The highest BCUT2D eigenvalue weighted by molar-refractivity contribution is 7.18. The molecule has 1 aliphatic carbocycles. The van der Waals surface area contributed by atoms with Crippen LogP contribution >= 0.6 is 11.3 Å². The van der Waals surface area contributed by atoms with Crippen molar-refractivity contribution in [3.63, 3.8) is 0 Å². The number of hydrogen-bond acceptors (Lipinski definition) is 8. The quantitative estimate of drug-likeness (QED) is 0.314. The van der Waals surface area contributed by atoms with Crippen molar-refractivity contribution in [1.29, 1.82) is 5.26 Å². The molecule has 2 aromatic carbocycles. The summed E-state index contributed by atoms with van der Waals surface area (Å²) in [5.74, 6) is 6.43. The molecule has 0 radical (unpaired) electrons. The maximum atomic E-state index is 11.7. The van der Waals surface area contributed by atoms with Crippen LogP contribution in [-0.4, -0.2) is 35.7 Å². The largest absolute Gasteiger partial charge is 0.490 e. The fraction of sp³-hybridized carbons (Fsp3) is 0.320. The number of carbonyl (C=O) groups excluding carboxylic acids is 1. The van der Waals surface area contributed by atoms with Crippen LogP contribution in [0.4, 0.5) is 0 Å². The van der Waals surface area contributed by atoms with Crippen LogP contribution in [0.15, 0.2) is 42.6 Å². The summed E-state index contributed by atoms with van der Waals surface area (Å²) in [4.78, 5) is 17.3. The van der Waals surface area contributed by atoms with Gasteiger partial charge in [-0.05, 0) is 61.6 Å². The molecule has 33 heavy (non-hydrogen) atoms. The zero-order chi connectivity index (χ0) is 23.5. The number of nitrogens with zero attached hydrogens (tertiary/aromatic N) is 3. The summed E-state index contributed by atoms with van der Waals surface area (Å²) in [5, 5.41) is 11.9. The first-order valence-corrected chi connectivity index (χ1v) is 11.6. The van der Waals surface area contributed by atoms with Gasteiger partial charge < -0.3 is 9.47 Å². The van der Waals surface area contributed by atoms with Crippen molar-refractivity contribution in [3.8, 4) is 32.8 Å². The lowest BCUT2D eigenvalue weighted by atomic mass is 10.0. The number of hydrogen-bond donors (Lipinski definition) is 1. The van der Waals surface area contributed by atoms with Gasteiger partial charge in [-0.3, -0.25) is 10.6 Å². The molecule has 0 saturated heterocycles. The van der Waals surface area contributed by atoms with Crippen LogP contribution in [-0.2, 0) is 16.0 Å². The summed E-state index contributed by atoms with van der Waals surface area (Å²) in [7, 11) is 1.36. The first-order chi connectivity index (χ1) is 15.9. The molecule has 3 aromatic rings. The van der Waals surface area contributed by atoms with Crippen molar-refractivity contribution in [1.82, 2.24) is 9.99 Å². The van der Waals surface area contributed by atoms with Crippen LogP contribution in [0.5, 0.6) is 5.75 Å². The average Bonchev–Trinajstić information content (AvgIpc) is 3.46. The minimum Gasteiger partial charge on any atom is -0.490 e. The zero-order valence-electron chi connectivity index (χ0n) is 18.9. The van der Waals surface area contributed by atoms with Crippen molar-refractivity contribution < 1.29 is 14.3 Å². The summed E-state index contributed by atoms with van der Waals surface area (Å²) in [6.45, 7) is 3.92. The third-order valence-electron chi connectivity index (χ3n) is 5.66. The smallest absolute Gasteiger partial charge is 0.321 e. The van der Waals surface area contributed by atoms with Crippen molar-refractivity contribution in [2.45, 2.75) is 38.8 Å². The first kappa shape index (κ1) is 22.9. The monoisotopic (exact) mass is 462 g/mol. The van der Waals surface area contributed by atoms with E-state index in [1.807, 2.05) is 44.3 Å². The number of aromatic nitrogens is 1. The predicted molar refractivity (Wildman–Crippen MR) is 127 cm³/mol. The van der Waals surface area contributed by atoms with E-state index in [0.29, 0.717) is 11.3 Å². The van der Waals surface area contributed by atoms with Crippen LogP contribution < -0.4 is 10.6 Å². The van der Waals surface area contributed by atoms with E-state index in [9.17, 15) is 10.1 Å². The molecule has 0 fully saturated rings. The van der Waals surface area contributed by atoms with Crippen LogP contribution in [0.1, 0.15) is 43.0 Å². The molecule has 4 rings (SSSR count). The van der Waals surface area contributed by atoms with E-state index >= 15 is 0 Å². The van der Waals surface area contributed by atoms with Crippen molar-refractivity contribution in [2.75, 3.05) is 13.7 Å². The minimum atomic E-state index is -0.351. The van der Waals surface area contributed by atoms with Gasteiger partial charge in [0.05, 0.1) is 29.7 Å². The number of thiazole rings is 1. The van der Waals surface area contributed by atoms with E-state index in [0.717, 1.165) is 39.4 Å². The number of nitriles is 1. The lowest BCUT2D eigenvalue weighted by Crippen LogP contribution is -2.38. The molecule has 0 bridgehead atoms. The Morgan fingerprint density at radius 3 is 2.91 bits per heavy atom.